The molecule has 0 aliphatic rings. The number of hydrogen-bond acceptors (Lipinski definition) is 7. The van der Waals surface area contributed by atoms with Crippen LogP contribution >= 0.6 is 23.2 Å². The molecule has 0 aliphatic heterocycles. The zero-order chi connectivity index (χ0) is 21.5. The maximum atomic E-state index is 13.6. The first-order chi connectivity index (χ1) is 13.0. The smallest absolute Gasteiger partial charge is 0.550 e. The van der Waals surface area contributed by atoms with E-state index in [4.69, 9.17) is 27.9 Å². The molecular formula is C16H17Cl2FNNaO7S. The quantitative estimate of drug-likeness (QED) is 0.222. The predicted octanol–water partition coefficient (Wildman–Crippen LogP) is -2.53. The first-order valence-electron chi connectivity index (χ1n) is 7.79. The zero-order valence-corrected chi connectivity index (χ0v) is 19.9. The maximum absolute atomic E-state index is 13.6. The van der Waals surface area contributed by atoms with Crippen LogP contribution in [0.2, 0.25) is 0 Å². The van der Waals surface area contributed by atoms with Crippen molar-refractivity contribution in [1.29, 1.82) is 0 Å². The normalized spacial score (nSPS) is 13.1. The fourth-order valence-electron chi connectivity index (χ4n) is 2.13. The molecule has 0 unspecified atom stereocenters. The van der Waals surface area contributed by atoms with Crippen molar-refractivity contribution in [3.8, 4) is 0 Å². The van der Waals surface area contributed by atoms with Gasteiger partial charge in [-0.25, -0.2) is 12.8 Å². The number of carbonyl (C=O) groups excluding carboxylic acids is 3. The largest absolute Gasteiger partial charge is 1.00 e. The fraction of sp³-hybridized carbons (Fsp3) is 0.438. The van der Waals surface area contributed by atoms with E-state index in [0.29, 0.717) is 0 Å². The molecule has 2 atom stereocenters. The van der Waals surface area contributed by atoms with Gasteiger partial charge in [-0.2, -0.15) is 0 Å². The van der Waals surface area contributed by atoms with Gasteiger partial charge in [0.15, 0.2) is 14.7 Å². The van der Waals surface area contributed by atoms with Crippen molar-refractivity contribution < 1.29 is 66.6 Å². The molecule has 0 aromatic heterocycles. The van der Waals surface area contributed by atoms with Crippen molar-refractivity contribution in [2.24, 2.45) is 0 Å². The molecule has 0 fully saturated rings. The Labute approximate surface area is 199 Å². The van der Waals surface area contributed by atoms with Gasteiger partial charge in [0.05, 0.1) is 17.4 Å². The van der Waals surface area contributed by atoms with Gasteiger partial charge < -0.3 is 20.0 Å². The molecule has 1 amide bonds. The monoisotopic (exact) mass is 479 g/mol. The van der Waals surface area contributed by atoms with Gasteiger partial charge in [-0.05, 0) is 24.1 Å². The van der Waals surface area contributed by atoms with Crippen molar-refractivity contribution in [2.75, 3.05) is 12.9 Å². The van der Waals surface area contributed by atoms with Crippen LogP contribution in [-0.4, -0.2) is 50.1 Å². The summed E-state index contributed by atoms with van der Waals surface area (Å²) in [7, 11) is -3.50. The third kappa shape index (κ3) is 9.63. The fourth-order valence-corrected chi connectivity index (χ4v) is 2.89. The number of amides is 1. The Morgan fingerprint density at radius 3 is 2.14 bits per heavy atom. The second-order valence-corrected chi connectivity index (χ2v) is 8.81. The summed E-state index contributed by atoms with van der Waals surface area (Å²) in [4.78, 5) is 32.5. The molecule has 29 heavy (non-hydrogen) atoms. The average Bonchev–Trinajstić information content (AvgIpc) is 2.61. The molecule has 1 rings (SSSR count). The Kier molecular flexibility index (Phi) is 12.3. The van der Waals surface area contributed by atoms with E-state index >= 15 is 0 Å². The maximum Gasteiger partial charge on any atom is 1.00 e. The van der Waals surface area contributed by atoms with Crippen LogP contribution in [0.4, 0.5) is 4.39 Å². The summed E-state index contributed by atoms with van der Waals surface area (Å²) in [6.07, 6.45) is -1.55. The number of carboxylic acids is 1. The van der Waals surface area contributed by atoms with Crippen LogP contribution in [0.1, 0.15) is 24.5 Å². The van der Waals surface area contributed by atoms with Gasteiger partial charge in [-0.15, -0.1) is 0 Å². The van der Waals surface area contributed by atoms with Crippen LogP contribution in [0.15, 0.2) is 29.2 Å². The van der Waals surface area contributed by atoms with Crippen LogP contribution in [0.3, 0.4) is 0 Å². The molecule has 1 aromatic carbocycles. The van der Waals surface area contributed by atoms with Gasteiger partial charge >= 0.3 is 35.5 Å². The standard InChI is InChI=1S/C16H18Cl2FNO7S.Na/c1-28(25,26)10-4-2-9(3-5-10)14(27-13(23)7-6-12(21)22)11(8-19)20-16(24)15(17)18;/h2-5,11,14-15H,6-8H2,1H3,(H,20,24)(H,21,22);/q;+1/p-1/t11-,14-;/m1./s1. The summed E-state index contributed by atoms with van der Waals surface area (Å²) in [5, 5.41) is 12.7. The molecule has 0 heterocycles. The molecule has 0 aliphatic carbocycles. The first-order valence-corrected chi connectivity index (χ1v) is 10.6. The number of nitrogens with one attached hydrogen (secondary N) is 1. The van der Waals surface area contributed by atoms with Crippen LogP contribution in [0.5, 0.6) is 0 Å². The summed E-state index contributed by atoms with van der Waals surface area (Å²) in [6.45, 7) is -1.18. The molecule has 8 nitrogen and oxygen atoms in total. The minimum atomic E-state index is -3.50. The molecule has 1 N–H and O–H groups in total. The Morgan fingerprint density at radius 2 is 1.72 bits per heavy atom. The molecule has 0 saturated heterocycles. The predicted molar refractivity (Wildman–Crippen MR) is 96.0 cm³/mol. The van der Waals surface area contributed by atoms with Gasteiger partial charge in [-0.3, -0.25) is 9.59 Å². The van der Waals surface area contributed by atoms with E-state index in [-0.39, 0.29) is 40.0 Å². The van der Waals surface area contributed by atoms with Crippen LogP contribution in [0, 0.1) is 0 Å². The number of benzene rings is 1. The summed E-state index contributed by atoms with van der Waals surface area (Å²) in [6, 6.07) is 3.59. The number of hydrogen-bond donors (Lipinski definition) is 1. The third-order valence-corrected chi connectivity index (χ3v) is 5.01. The molecule has 1 aromatic rings. The number of sulfone groups is 1. The van der Waals surface area contributed by atoms with Crippen molar-refractivity contribution in [3.63, 3.8) is 0 Å². The van der Waals surface area contributed by atoms with Crippen molar-refractivity contribution >= 4 is 50.9 Å². The molecular weight excluding hydrogens is 463 g/mol. The first kappa shape index (κ1) is 28.1. The minimum Gasteiger partial charge on any atom is -0.550 e. The Balaban J connectivity index is 0.00000784. The number of carbonyl (C=O) groups is 3. The van der Waals surface area contributed by atoms with Crippen LogP contribution in [-0.2, 0) is 29.0 Å². The van der Waals surface area contributed by atoms with E-state index in [1.54, 1.807) is 0 Å². The summed E-state index contributed by atoms with van der Waals surface area (Å²) >= 11 is 10.9. The second-order valence-electron chi connectivity index (χ2n) is 5.69. The molecule has 13 heteroatoms. The Bertz CT molecular complexity index is 821. The summed E-state index contributed by atoms with van der Waals surface area (Å²) < 4.78 is 41.8. The number of rotatable bonds is 10. The topological polar surface area (TPSA) is 130 Å². The molecule has 0 bridgehead atoms. The van der Waals surface area contributed by atoms with E-state index in [2.05, 4.69) is 5.32 Å². The molecule has 156 valence electrons. The number of carboxylic acid groups (broad SMARTS) is 1. The number of ether oxygens (including phenoxy) is 1. The van der Waals surface area contributed by atoms with Crippen LogP contribution < -0.4 is 40.0 Å². The second kappa shape index (κ2) is 12.7. The summed E-state index contributed by atoms with van der Waals surface area (Å²) in [5.74, 6) is -3.40. The number of alkyl halides is 3. The number of aliphatic carboxylic acids is 1. The van der Waals surface area contributed by atoms with Gasteiger partial charge in [0.25, 0.3) is 5.91 Å². The van der Waals surface area contributed by atoms with Crippen molar-refractivity contribution in [3.05, 3.63) is 29.8 Å². The van der Waals surface area contributed by atoms with Crippen molar-refractivity contribution in [2.45, 2.75) is 34.7 Å². The minimum absolute atomic E-state index is 0. The SMILES string of the molecule is CS(=O)(=O)c1ccc([C@@H](OC(=O)CCC(=O)[O-])[C@@H](CF)NC(=O)C(Cl)Cl)cc1.[Na+]. The van der Waals surface area contributed by atoms with E-state index in [1.807, 2.05) is 0 Å². The van der Waals surface area contributed by atoms with E-state index < -0.39 is 64.2 Å². The molecule has 0 spiro atoms. The van der Waals surface area contributed by atoms with Gasteiger partial charge in [0.2, 0.25) is 0 Å². The number of esters is 1. The summed E-state index contributed by atoms with van der Waals surface area (Å²) in [5.41, 5.74) is 0.165. The van der Waals surface area contributed by atoms with Gasteiger partial charge in [-0.1, -0.05) is 35.3 Å². The van der Waals surface area contributed by atoms with Crippen LogP contribution in [0.25, 0.3) is 0 Å². The molecule has 0 saturated carbocycles. The van der Waals surface area contributed by atoms with E-state index in [0.717, 1.165) is 6.26 Å². The van der Waals surface area contributed by atoms with E-state index in [9.17, 15) is 32.3 Å². The van der Waals surface area contributed by atoms with Crippen molar-refractivity contribution in [1.82, 2.24) is 5.32 Å². The zero-order valence-electron chi connectivity index (χ0n) is 15.6. The van der Waals surface area contributed by atoms with Gasteiger partial charge in [0.1, 0.15) is 12.8 Å². The molecule has 0 radical (unpaired) electrons. The third-order valence-electron chi connectivity index (χ3n) is 3.49. The number of halogens is 3. The average molecular weight is 480 g/mol. The van der Waals surface area contributed by atoms with E-state index in [1.165, 1.54) is 24.3 Å². The Morgan fingerprint density at radius 1 is 1.17 bits per heavy atom. The Hall–Kier alpha value is -0.910. The van der Waals surface area contributed by atoms with Gasteiger partial charge in [0, 0.05) is 12.2 Å².